The minimum absolute atomic E-state index is 0.180. The third-order valence-electron chi connectivity index (χ3n) is 5.07. The monoisotopic (exact) mass is 429 g/mol. The molecule has 3 rings (SSSR count). The Morgan fingerprint density at radius 3 is 2.71 bits per heavy atom. The summed E-state index contributed by atoms with van der Waals surface area (Å²) in [6, 6.07) is 5.50. The minimum atomic E-state index is -0.573. The van der Waals surface area contributed by atoms with Crippen LogP contribution in [0, 0.1) is 5.82 Å². The Bertz CT molecular complexity index is 1010. The van der Waals surface area contributed by atoms with Gasteiger partial charge in [-0.25, -0.2) is 9.18 Å². The van der Waals surface area contributed by atoms with Gasteiger partial charge in [0, 0.05) is 48.5 Å². The number of aromatic nitrogens is 2. The van der Waals surface area contributed by atoms with E-state index in [1.54, 1.807) is 27.0 Å². The zero-order valence-corrected chi connectivity index (χ0v) is 18.5. The molecule has 1 amide bonds. The maximum atomic E-state index is 13.7. The van der Waals surface area contributed by atoms with Crippen molar-refractivity contribution in [1.82, 2.24) is 15.1 Å². The van der Waals surface area contributed by atoms with E-state index in [-0.39, 0.29) is 23.8 Å². The summed E-state index contributed by atoms with van der Waals surface area (Å²) in [5.41, 5.74) is 1.96. The van der Waals surface area contributed by atoms with Crippen molar-refractivity contribution >= 4 is 17.4 Å². The Morgan fingerprint density at radius 2 is 2.06 bits per heavy atom. The highest BCUT2D eigenvalue weighted by Crippen LogP contribution is 2.37. The third-order valence-corrected chi connectivity index (χ3v) is 5.07. The fourth-order valence-electron chi connectivity index (χ4n) is 3.80. The number of rotatable bonds is 6. The zero-order chi connectivity index (χ0) is 22.8. The van der Waals surface area contributed by atoms with Crippen LogP contribution < -0.4 is 0 Å². The number of carbonyl (C=O) groups excluding carboxylic acids is 2. The normalized spacial score (nSPS) is 15.3. The highest BCUT2D eigenvalue weighted by Gasteiger charge is 2.38. The average Bonchev–Trinajstić information content (AvgIpc) is 3.07. The first kappa shape index (κ1) is 22.7. The zero-order valence-electron chi connectivity index (χ0n) is 18.5. The second kappa shape index (κ2) is 9.01. The van der Waals surface area contributed by atoms with Crippen LogP contribution in [0.15, 0.2) is 30.5 Å². The molecule has 0 atom stereocenters. The second-order valence-electron chi connectivity index (χ2n) is 8.49. The molecule has 1 aromatic heterocycles. The van der Waals surface area contributed by atoms with Crippen molar-refractivity contribution in [1.29, 1.82) is 0 Å². The lowest BCUT2D eigenvalue weighted by atomic mass is 9.81. The molecule has 0 spiro atoms. The number of ether oxygens (including phenoxy) is 2. The summed E-state index contributed by atoms with van der Waals surface area (Å²) < 4.78 is 24.4. The van der Waals surface area contributed by atoms with Crippen molar-refractivity contribution < 1.29 is 23.5 Å². The third kappa shape index (κ3) is 4.85. The van der Waals surface area contributed by atoms with Crippen molar-refractivity contribution in [2.24, 2.45) is 0 Å². The predicted octanol–water partition coefficient (Wildman–Crippen LogP) is 3.46. The lowest BCUT2D eigenvalue weighted by Crippen LogP contribution is -2.37. The van der Waals surface area contributed by atoms with E-state index in [1.165, 1.54) is 29.3 Å². The van der Waals surface area contributed by atoms with Crippen LogP contribution in [0.1, 0.15) is 55.0 Å². The Kier molecular flexibility index (Phi) is 6.59. The van der Waals surface area contributed by atoms with Gasteiger partial charge in [0.15, 0.2) is 0 Å². The second-order valence-corrected chi connectivity index (χ2v) is 8.49. The van der Waals surface area contributed by atoms with Gasteiger partial charge >= 0.3 is 5.97 Å². The summed E-state index contributed by atoms with van der Waals surface area (Å²) in [5.74, 6) is -1.48. The van der Waals surface area contributed by atoms with Crippen LogP contribution in [-0.4, -0.2) is 53.3 Å². The van der Waals surface area contributed by atoms with Crippen molar-refractivity contribution in [3.8, 4) is 0 Å². The molecule has 2 heterocycles. The Balaban J connectivity index is 2.11. The van der Waals surface area contributed by atoms with Crippen LogP contribution >= 0.6 is 0 Å². The Labute approximate surface area is 181 Å². The first-order valence-corrected chi connectivity index (χ1v) is 10.2. The standard InChI is InChI=1S/C23H28FN3O4/c1-14(2)31-22(29)17-12-27(21(28)15-7-6-8-16(24)11-15)13-23(3,4)19-18(9-10-30-5)25-26-20(17)19/h6-8,11-12,14H,9-10,13H2,1-5H3,(H,25,26). The number of hydrogen-bond acceptors (Lipinski definition) is 5. The molecular formula is C23H28FN3O4. The molecule has 0 aliphatic carbocycles. The SMILES string of the molecule is COCCc1[nH]nc2c1C(C)(C)CN(C(=O)c1cccc(F)c1)C=C2C(=O)OC(C)C. The van der Waals surface area contributed by atoms with E-state index in [9.17, 15) is 14.0 Å². The van der Waals surface area contributed by atoms with E-state index in [2.05, 4.69) is 10.2 Å². The molecule has 8 heteroatoms. The summed E-state index contributed by atoms with van der Waals surface area (Å²) in [5, 5.41) is 7.43. The van der Waals surface area contributed by atoms with E-state index in [0.29, 0.717) is 18.7 Å². The number of esters is 1. The molecular weight excluding hydrogens is 401 g/mol. The van der Waals surface area contributed by atoms with Crippen LogP contribution in [0.2, 0.25) is 0 Å². The molecule has 0 saturated heterocycles. The Hall–Kier alpha value is -3.00. The van der Waals surface area contributed by atoms with Gasteiger partial charge in [0.25, 0.3) is 5.91 Å². The summed E-state index contributed by atoms with van der Waals surface area (Å²) in [6.07, 6.45) is 1.70. The van der Waals surface area contributed by atoms with Crippen molar-refractivity contribution in [3.63, 3.8) is 0 Å². The van der Waals surface area contributed by atoms with E-state index in [0.717, 1.165) is 11.3 Å². The molecule has 1 aliphatic heterocycles. The topological polar surface area (TPSA) is 84.5 Å². The van der Waals surface area contributed by atoms with Crippen molar-refractivity contribution in [2.45, 2.75) is 45.6 Å². The summed E-state index contributed by atoms with van der Waals surface area (Å²) in [4.78, 5) is 27.6. The van der Waals surface area contributed by atoms with Crippen LogP contribution in [0.5, 0.6) is 0 Å². The largest absolute Gasteiger partial charge is 0.459 e. The van der Waals surface area contributed by atoms with Gasteiger partial charge in [0.2, 0.25) is 0 Å². The number of nitrogens with zero attached hydrogens (tertiary/aromatic N) is 2. The molecule has 7 nitrogen and oxygen atoms in total. The molecule has 0 unspecified atom stereocenters. The Morgan fingerprint density at radius 1 is 1.32 bits per heavy atom. The fourth-order valence-corrected chi connectivity index (χ4v) is 3.80. The number of aromatic amines is 1. The van der Waals surface area contributed by atoms with Gasteiger partial charge in [-0.05, 0) is 32.0 Å². The molecule has 0 fully saturated rings. The molecule has 0 bridgehead atoms. The summed E-state index contributed by atoms with van der Waals surface area (Å²) in [7, 11) is 1.62. The maximum absolute atomic E-state index is 13.7. The van der Waals surface area contributed by atoms with Crippen molar-refractivity contribution in [3.05, 3.63) is 58.8 Å². The quantitative estimate of drug-likeness (QED) is 0.711. The number of carbonyl (C=O) groups is 2. The number of hydrogen-bond donors (Lipinski definition) is 1. The van der Waals surface area contributed by atoms with E-state index < -0.39 is 23.1 Å². The van der Waals surface area contributed by atoms with Gasteiger partial charge < -0.3 is 14.4 Å². The number of benzene rings is 1. The van der Waals surface area contributed by atoms with Gasteiger partial charge in [0.1, 0.15) is 17.1 Å². The molecule has 1 N–H and O–H groups in total. The predicted molar refractivity (Wildman–Crippen MR) is 114 cm³/mol. The number of H-pyrrole nitrogens is 1. The van der Waals surface area contributed by atoms with E-state index >= 15 is 0 Å². The molecule has 0 saturated carbocycles. The van der Waals surface area contributed by atoms with Gasteiger partial charge in [-0.3, -0.25) is 9.89 Å². The number of amides is 1. The summed E-state index contributed by atoms with van der Waals surface area (Å²) >= 11 is 0. The molecule has 0 radical (unpaired) electrons. The number of halogens is 1. The van der Waals surface area contributed by atoms with Gasteiger partial charge in [-0.15, -0.1) is 0 Å². The smallest absolute Gasteiger partial charge is 0.342 e. The highest BCUT2D eigenvalue weighted by molar-refractivity contribution is 6.17. The highest BCUT2D eigenvalue weighted by atomic mass is 19.1. The van der Waals surface area contributed by atoms with E-state index in [1.807, 2.05) is 13.8 Å². The molecule has 31 heavy (non-hydrogen) atoms. The van der Waals surface area contributed by atoms with Crippen LogP contribution in [0.25, 0.3) is 5.57 Å². The molecule has 1 aromatic carbocycles. The van der Waals surface area contributed by atoms with Crippen LogP contribution in [0.4, 0.5) is 4.39 Å². The fraction of sp³-hybridized carbons (Fsp3) is 0.435. The molecule has 166 valence electrons. The average molecular weight is 429 g/mol. The molecule has 2 aromatic rings. The lowest BCUT2D eigenvalue weighted by molar-refractivity contribution is -0.140. The number of fused-ring (bicyclic) bond motifs is 1. The van der Waals surface area contributed by atoms with Crippen LogP contribution in [0.3, 0.4) is 0 Å². The van der Waals surface area contributed by atoms with Gasteiger partial charge in [-0.2, -0.15) is 5.10 Å². The number of nitrogens with one attached hydrogen (secondary N) is 1. The van der Waals surface area contributed by atoms with E-state index in [4.69, 9.17) is 9.47 Å². The first-order valence-electron chi connectivity index (χ1n) is 10.2. The van der Waals surface area contributed by atoms with Crippen LogP contribution in [-0.2, 0) is 26.1 Å². The lowest BCUT2D eigenvalue weighted by Gasteiger charge is -2.30. The van der Waals surface area contributed by atoms with Gasteiger partial charge in [0.05, 0.1) is 12.7 Å². The van der Waals surface area contributed by atoms with Crippen molar-refractivity contribution in [2.75, 3.05) is 20.3 Å². The first-order chi connectivity index (χ1) is 14.6. The molecule has 1 aliphatic rings. The maximum Gasteiger partial charge on any atom is 0.342 e. The summed E-state index contributed by atoms with van der Waals surface area (Å²) in [6.45, 7) is 8.22. The number of methoxy groups -OCH3 is 1. The minimum Gasteiger partial charge on any atom is -0.459 e. The van der Waals surface area contributed by atoms with Gasteiger partial charge in [-0.1, -0.05) is 19.9 Å².